The largest absolute Gasteiger partial charge is 0.468 e. The van der Waals surface area contributed by atoms with Crippen LogP contribution in [0, 0.1) is 5.92 Å². The first-order valence-corrected chi connectivity index (χ1v) is 7.74. The lowest BCUT2D eigenvalue weighted by molar-refractivity contribution is -0.154. The van der Waals surface area contributed by atoms with E-state index in [1.54, 1.807) is 4.90 Å². The van der Waals surface area contributed by atoms with Crippen LogP contribution in [-0.4, -0.2) is 41.2 Å². The van der Waals surface area contributed by atoms with Gasteiger partial charge in [0.15, 0.2) is 6.61 Å². The number of hydrogen-bond donors (Lipinski definition) is 0. The number of carbonyl (C=O) groups excluding carboxylic acids is 1. The summed E-state index contributed by atoms with van der Waals surface area (Å²) >= 11 is 0. The Kier molecular flexibility index (Phi) is 5.49. The Morgan fingerprint density at radius 2 is 2.09 bits per heavy atom. The summed E-state index contributed by atoms with van der Waals surface area (Å²) in [6.45, 7) is 3.29. The van der Waals surface area contributed by atoms with Gasteiger partial charge in [0, 0.05) is 18.7 Å². The maximum absolute atomic E-state index is 12.6. The van der Waals surface area contributed by atoms with E-state index in [1.807, 2.05) is 6.92 Å². The summed E-state index contributed by atoms with van der Waals surface area (Å²) in [6, 6.07) is 4.40. The minimum absolute atomic E-state index is 0.0917. The molecule has 7 heteroatoms. The highest BCUT2D eigenvalue weighted by atomic mass is 19.4. The summed E-state index contributed by atoms with van der Waals surface area (Å²) in [5.74, 6) is -0.0547. The standard InChI is InChI=1S/C16H21F3N2O2/c1-11-5-3-6-12(2)21(9-11)15(22)13-7-4-8-14(20-13)23-10-16(17,18)19/h4,7-8,11-12H,3,5-6,9-10H2,1-2H3/t11-,12-/m1/s1. The number of aromatic nitrogens is 1. The fourth-order valence-corrected chi connectivity index (χ4v) is 2.72. The molecule has 0 radical (unpaired) electrons. The molecular weight excluding hydrogens is 309 g/mol. The van der Waals surface area contributed by atoms with E-state index < -0.39 is 12.8 Å². The van der Waals surface area contributed by atoms with Crippen LogP contribution < -0.4 is 4.74 Å². The number of nitrogens with zero attached hydrogens (tertiary/aromatic N) is 2. The van der Waals surface area contributed by atoms with E-state index in [0.717, 1.165) is 19.3 Å². The zero-order valence-electron chi connectivity index (χ0n) is 13.3. The van der Waals surface area contributed by atoms with Gasteiger partial charge in [0.2, 0.25) is 5.88 Å². The molecule has 1 fully saturated rings. The lowest BCUT2D eigenvalue weighted by atomic mass is 10.1. The molecule has 0 saturated carbocycles. The lowest BCUT2D eigenvalue weighted by Gasteiger charge is -2.28. The van der Waals surface area contributed by atoms with Gasteiger partial charge in [-0.3, -0.25) is 4.79 Å². The zero-order chi connectivity index (χ0) is 17.0. The molecule has 1 saturated heterocycles. The van der Waals surface area contributed by atoms with Crippen LogP contribution in [0.1, 0.15) is 43.6 Å². The topological polar surface area (TPSA) is 42.4 Å². The molecule has 2 heterocycles. The van der Waals surface area contributed by atoms with Gasteiger partial charge in [0.05, 0.1) is 0 Å². The first-order valence-electron chi connectivity index (χ1n) is 7.74. The second-order valence-corrected chi connectivity index (χ2v) is 6.11. The van der Waals surface area contributed by atoms with Crippen molar-refractivity contribution in [3.05, 3.63) is 23.9 Å². The third-order valence-corrected chi connectivity index (χ3v) is 3.95. The van der Waals surface area contributed by atoms with Gasteiger partial charge in [0.25, 0.3) is 5.91 Å². The molecule has 0 unspecified atom stereocenters. The van der Waals surface area contributed by atoms with Crippen LogP contribution in [0.2, 0.25) is 0 Å². The van der Waals surface area contributed by atoms with Crippen LogP contribution in [0.15, 0.2) is 18.2 Å². The number of ether oxygens (including phenoxy) is 1. The molecule has 1 aliphatic rings. The molecule has 1 aromatic heterocycles. The molecule has 1 amide bonds. The molecule has 128 valence electrons. The van der Waals surface area contributed by atoms with E-state index >= 15 is 0 Å². The molecule has 0 bridgehead atoms. The summed E-state index contributed by atoms with van der Waals surface area (Å²) in [5.41, 5.74) is 0.116. The second kappa shape index (κ2) is 7.19. The van der Waals surface area contributed by atoms with Crippen molar-refractivity contribution >= 4 is 5.91 Å². The van der Waals surface area contributed by atoms with Gasteiger partial charge >= 0.3 is 6.18 Å². The molecule has 0 N–H and O–H groups in total. The monoisotopic (exact) mass is 330 g/mol. The molecule has 2 rings (SSSR count). The Morgan fingerprint density at radius 3 is 2.78 bits per heavy atom. The fourth-order valence-electron chi connectivity index (χ4n) is 2.72. The summed E-state index contributed by atoms with van der Waals surface area (Å²) in [4.78, 5) is 18.3. The third kappa shape index (κ3) is 5.11. The Morgan fingerprint density at radius 1 is 1.35 bits per heavy atom. The Labute approximate surface area is 133 Å². The molecule has 23 heavy (non-hydrogen) atoms. The quantitative estimate of drug-likeness (QED) is 0.849. The van der Waals surface area contributed by atoms with E-state index in [0.29, 0.717) is 12.5 Å². The van der Waals surface area contributed by atoms with Crippen LogP contribution in [0.3, 0.4) is 0 Å². The predicted octanol–water partition coefficient (Wildman–Crippen LogP) is 3.67. The zero-order valence-corrected chi connectivity index (χ0v) is 13.3. The van der Waals surface area contributed by atoms with Crippen molar-refractivity contribution in [3.63, 3.8) is 0 Å². The molecule has 0 aromatic carbocycles. The normalized spacial score (nSPS) is 22.6. The molecule has 0 spiro atoms. The van der Waals surface area contributed by atoms with Crippen LogP contribution in [0.4, 0.5) is 13.2 Å². The Bertz CT molecular complexity index is 548. The van der Waals surface area contributed by atoms with Crippen molar-refractivity contribution < 1.29 is 22.7 Å². The van der Waals surface area contributed by atoms with Crippen LogP contribution in [0.5, 0.6) is 5.88 Å². The first-order chi connectivity index (χ1) is 10.8. The lowest BCUT2D eigenvalue weighted by Crippen LogP contribution is -2.40. The predicted molar refractivity (Wildman–Crippen MR) is 79.3 cm³/mol. The van der Waals surface area contributed by atoms with Crippen molar-refractivity contribution in [2.45, 2.75) is 45.3 Å². The van der Waals surface area contributed by atoms with Crippen LogP contribution in [0.25, 0.3) is 0 Å². The molecule has 2 atom stereocenters. The summed E-state index contributed by atoms with van der Waals surface area (Å²) in [5, 5.41) is 0. The number of alkyl halides is 3. The molecule has 1 aromatic rings. The van der Waals surface area contributed by atoms with E-state index in [9.17, 15) is 18.0 Å². The number of hydrogen-bond acceptors (Lipinski definition) is 3. The number of halogens is 3. The number of rotatable bonds is 3. The number of likely N-dealkylation sites (tertiary alicyclic amines) is 1. The van der Waals surface area contributed by atoms with Crippen molar-refractivity contribution in [2.75, 3.05) is 13.2 Å². The molecule has 1 aliphatic heterocycles. The first kappa shape index (κ1) is 17.6. The number of pyridine rings is 1. The van der Waals surface area contributed by atoms with Gasteiger partial charge in [-0.05, 0) is 31.7 Å². The van der Waals surface area contributed by atoms with E-state index in [1.165, 1.54) is 18.2 Å². The Balaban J connectivity index is 2.12. The van der Waals surface area contributed by atoms with E-state index in [-0.39, 0.29) is 23.5 Å². The SMILES string of the molecule is C[C@@H]1CCC[C@@H](C)N(C(=O)c2cccc(OCC(F)(F)F)n2)C1. The van der Waals surface area contributed by atoms with Crippen molar-refractivity contribution in [2.24, 2.45) is 5.92 Å². The van der Waals surface area contributed by atoms with Crippen molar-refractivity contribution in [1.29, 1.82) is 0 Å². The highest BCUT2D eigenvalue weighted by Crippen LogP contribution is 2.23. The fraction of sp³-hybridized carbons (Fsp3) is 0.625. The van der Waals surface area contributed by atoms with Gasteiger partial charge in [-0.15, -0.1) is 0 Å². The summed E-state index contributed by atoms with van der Waals surface area (Å²) in [6.07, 6.45) is -1.39. The maximum Gasteiger partial charge on any atom is 0.422 e. The highest BCUT2D eigenvalue weighted by Gasteiger charge is 2.29. The summed E-state index contributed by atoms with van der Waals surface area (Å²) < 4.78 is 41.2. The highest BCUT2D eigenvalue weighted by molar-refractivity contribution is 5.92. The van der Waals surface area contributed by atoms with Gasteiger partial charge < -0.3 is 9.64 Å². The van der Waals surface area contributed by atoms with Gasteiger partial charge in [-0.1, -0.05) is 19.4 Å². The molecular formula is C16H21F3N2O2. The minimum Gasteiger partial charge on any atom is -0.468 e. The van der Waals surface area contributed by atoms with Crippen LogP contribution >= 0.6 is 0 Å². The average Bonchev–Trinajstić information content (AvgIpc) is 2.65. The molecule has 0 aliphatic carbocycles. The third-order valence-electron chi connectivity index (χ3n) is 3.95. The minimum atomic E-state index is -4.43. The van der Waals surface area contributed by atoms with Gasteiger partial charge in [-0.2, -0.15) is 13.2 Å². The second-order valence-electron chi connectivity index (χ2n) is 6.11. The maximum atomic E-state index is 12.6. The van der Waals surface area contributed by atoms with Gasteiger partial charge in [-0.25, -0.2) is 4.98 Å². The van der Waals surface area contributed by atoms with Crippen molar-refractivity contribution in [3.8, 4) is 5.88 Å². The number of carbonyl (C=O) groups is 1. The smallest absolute Gasteiger partial charge is 0.422 e. The van der Waals surface area contributed by atoms with Crippen molar-refractivity contribution in [1.82, 2.24) is 9.88 Å². The van der Waals surface area contributed by atoms with E-state index in [4.69, 9.17) is 0 Å². The van der Waals surface area contributed by atoms with E-state index in [2.05, 4.69) is 16.6 Å². The Hall–Kier alpha value is -1.79. The van der Waals surface area contributed by atoms with Gasteiger partial charge in [0.1, 0.15) is 5.69 Å². The molecule has 4 nitrogen and oxygen atoms in total. The average molecular weight is 330 g/mol. The van der Waals surface area contributed by atoms with Crippen LogP contribution in [-0.2, 0) is 0 Å². The summed E-state index contributed by atoms with van der Waals surface area (Å²) in [7, 11) is 0. The number of amides is 1.